The lowest BCUT2D eigenvalue weighted by Gasteiger charge is -2.27. The van der Waals surface area contributed by atoms with Crippen LogP contribution in [0.3, 0.4) is 0 Å². The number of hydrogen-bond acceptors (Lipinski definition) is 3. The van der Waals surface area contributed by atoms with Crippen molar-refractivity contribution in [3.05, 3.63) is 41.1 Å². The lowest BCUT2D eigenvalue weighted by Crippen LogP contribution is -2.34. The van der Waals surface area contributed by atoms with Gasteiger partial charge in [-0.05, 0) is 45.2 Å². The molecule has 0 fully saturated rings. The minimum absolute atomic E-state index is 0.163. The number of aryl methyl sites for hydroxylation is 1. The maximum atomic E-state index is 12.4. The van der Waals surface area contributed by atoms with Gasteiger partial charge in [-0.3, -0.25) is 4.72 Å². The Hall–Kier alpha value is -1.33. The molecule has 0 amide bonds. The van der Waals surface area contributed by atoms with Gasteiger partial charge in [0.15, 0.2) is 0 Å². The zero-order valence-electron chi connectivity index (χ0n) is 12.1. The van der Waals surface area contributed by atoms with Crippen LogP contribution in [-0.2, 0) is 14.8 Å². The fourth-order valence-corrected chi connectivity index (χ4v) is 3.62. The molecular weight excluding hydrogens is 274 g/mol. The maximum absolute atomic E-state index is 12.4. The summed E-state index contributed by atoms with van der Waals surface area (Å²) in [4.78, 5) is 0.281. The van der Waals surface area contributed by atoms with E-state index in [0.29, 0.717) is 5.70 Å². The Balaban J connectivity index is 2.29. The maximum Gasteiger partial charge on any atom is 0.261 e. The van der Waals surface area contributed by atoms with E-state index in [2.05, 4.69) is 4.72 Å². The first-order valence-corrected chi connectivity index (χ1v) is 8.24. The Labute approximate surface area is 120 Å². The number of rotatable bonds is 4. The van der Waals surface area contributed by atoms with E-state index in [0.717, 1.165) is 30.4 Å². The normalized spacial score (nSPS) is 20.1. The van der Waals surface area contributed by atoms with Gasteiger partial charge in [-0.2, -0.15) is 0 Å². The zero-order valence-corrected chi connectivity index (χ0v) is 13.0. The number of sulfonamides is 1. The van der Waals surface area contributed by atoms with E-state index >= 15 is 0 Å². The SMILES string of the molecule is COC1CCCC(C)=C1NS(=O)(=O)c1ccc(C)cc1. The number of allylic oxidation sites excluding steroid dienone is 1. The number of ether oxygens (including phenoxy) is 1. The van der Waals surface area contributed by atoms with Crippen molar-refractivity contribution in [2.24, 2.45) is 0 Å². The van der Waals surface area contributed by atoms with Gasteiger partial charge in [0, 0.05) is 7.11 Å². The highest BCUT2D eigenvalue weighted by atomic mass is 32.2. The van der Waals surface area contributed by atoms with Gasteiger partial charge in [0.2, 0.25) is 0 Å². The molecule has 1 N–H and O–H groups in total. The number of methoxy groups -OCH3 is 1. The fraction of sp³-hybridized carbons (Fsp3) is 0.467. The average molecular weight is 295 g/mol. The molecule has 0 aromatic heterocycles. The van der Waals surface area contributed by atoms with E-state index in [1.807, 2.05) is 13.8 Å². The van der Waals surface area contributed by atoms with Crippen LogP contribution in [0.5, 0.6) is 0 Å². The molecule has 1 aromatic rings. The molecule has 110 valence electrons. The first-order valence-electron chi connectivity index (χ1n) is 6.76. The molecule has 0 saturated carbocycles. The zero-order chi connectivity index (χ0) is 14.8. The summed E-state index contributed by atoms with van der Waals surface area (Å²) in [5.41, 5.74) is 2.78. The third kappa shape index (κ3) is 3.22. The first-order chi connectivity index (χ1) is 9.44. The van der Waals surface area contributed by atoms with Crippen molar-refractivity contribution in [3.63, 3.8) is 0 Å². The van der Waals surface area contributed by atoms with Crippen molar-refractivity contribution in [3.8, 4) is 0 Å². The minimum Gasteiger partial charge on any atom is -0.375 e. The van der Waals surface area contributed by atoms with Gasteiger partial charge in [0.1, 0.15) is 0 Å². The highest BCUT2D eigenvalue weighted by Gasteiger charge is 2.25. The van der Waals surface area contributed by atoms with Gasteiger partial charge in [0.05, 0.1) is 16.7 Å². The molecule has 4 nitrogen and oxygen atoms in total. The Kier molecular flexibility index (Phi) is 4.50. The molecule has 2 rings (SSSR count). The quantitative estimate of drug-likeness (QED) is 0.929. The molecule has 1 aliphatic carbocycles. The van der Waals surface area contributed by atoms with Gasteiger partial charge in [-0.1, -0.05) is 23.3 Å². The van der Waals surface area contributed by atoms with Crippen LogP contribution in [0.1, 0.15) is 31.7 Å². The van der Waals surface area contributed by atoms with Crippen LogP contribution in [0.25, 0.3) is 0 Å². The summed E-state index contributed by atoms with van der Waals surface area (Å²) in [7, 11) is -1.93. The number of nitrogens with one attached hydrogen (secondary N) is 1. The number of benzene rings is 1. The van der Waals surface area contributed by atoms with Gasteiger partial charge in [-0.25, -0.2) is 8.42 Å². The molecule has 20 heavy (non-hydrogen) atoms. The van der Waals surface area contributed by atoms with Crippen LogP contribution in [0.15, 0.2) is 40.4 Å². The number of hydrogen-bond donors (Lipinski definition) is 1. The fourth-order valence-electron chi connectivity index (χ4n) is 2.42. The molecule has 1 unspecified atom stereocenters. The van der Waals surface area contributed by atoms with Crippen molar-refractivity contribution < 1.29 is 13.2 Å². The van der Waals surface area contributed by atoms with Crippen molar-refractivity contribution in [1.82, 2.24) is 4.72 Å². The second-order valence-corrected chi connectivity index (χ2v) is 6.91. The molecule has 0 heterocycles. The minimum atomic E-state index is -3.54. The molecule has 0 saturated heterocycles. The van der Waals surface area contributed by atoms with Crippen molar-refractivity contribution in [2.75, 3.05) is 7.11 Å². The van der Waals surface area contributed by atoms with Crippen molar-refractivity contribution in [1.29, 1.82) is 0 Å². The summed E-state index contributed by atoms with van der Waals surface area (Å²) in [6, 6.07) is 6.84. The Morgan fingerprint density at radius 2 is 1.85 bits per heavy atom. The second kappa shape index (κ2) is 5.97. The van der Waals surface area contributed by atoms with Crippen LogP contribution >= 0.6 is 0 Å². The molecular formula is C15H21NO3S. The van der Waals surface area contributed by atoms with Crippen LogP contribution < -0.4 is 4.72 Å². The Morgan fingerprint density at radius 1 is 1.20 bits per heavy atom. The summed E-state index contributed by atoms with van der Waals surface area (Å²) in [6.07, 6.45) is 2.62. The molecule has 1 aromatic carbocycles. The predicted octanol–water partition coefficient (Wildman–Crippen LogP) is 2.75. The topological polar surface area (TPSA) is 55.4 Å². The third-order valence-corrected chi connectivity index (χ3v) is 5.04. The van der Waals surface area contributed by atoms with Gasteiger partial charge < -0.3 is 4.74 Å². The largest absolute Gasteiger partial charge is 0.375 e. The molecule has 1 aliphatic rings. The van der Waals surface area contributed by atoms with E-state index < -0.39 is 10.0 Å². The predicted molar refractivity (Wildman–Crippen MR) is 78.8 cm³/mol. The van der Waals surface area contributed by atoms with Gasteiger partial charge in [0.25, 0.3) is 10.0 Å². The van der Waals surface area contributed by atoms with E-state index in [1.54, 1.807) is 31.4 Å². The lowest BCUT2D eigenvalue weighted by molar-refractivity contribution is 0.113. The smallest absolute Gasteiger partial charge is 0.261 e. The van der Waals surface area contributed by atoms with Gasteiger partial charge >= 0.3 is 0 Å². The molecule has 5 heteroatoms. The van der Waals surface area contributed by atoms with Gasteiger partial charge in [-0.15, -0.1) is 0 Å². The average Bonchev–Trinajstić information content (AvgIpc) is 2.41. The van der Waals surface area contributed by atoms with Crippen molar-refractivity contribution >= 4 is 10.0 Å². The van der Waals surface area contributed by atoms with Crippen LogP contribution in [-0.4, -0.2) is 21.6 Å². The molecule has 0 radical (unpaired) electrons. The monoisotopic (exact) mass is 295 g/mol. The second-order valence-electron chi connectivity index (χ2n) is 5.23. The van der Waals surface area contributed by atoms with E-state index in [-0.39, 0.29) is 11.0 Å². The van der Waals surface area contributed by atoms with E-state index in [9.17, 15) is 8.42 Å². The first kappa shape index (κ1) is 15.1. The lowest BCUT2D eigenvalue weighted by atomic mass is 9.95. The van der Waals surface area contributed by atoms with Crippen LogP contribution in [0, 0.1) is 6.92 Å². The summed E-state index contributed by atoms with van der Waals surface area (Å²) in [5, 5.41) is 0. The summed E-state index contributed by atoms with van der Waals surface area (Å²) in [6.45, 7) is 3.89. The Morgan fingerprint density at radius 3 is 2.45 bits per heavy atom. The molecule has 0 spiro atoms. The van der Waals surface area contributed by atoms with Crippen LogP contribution in [0.4, 0.5) is 0 Å². The van der Waals surface area contributed by atoms with Crippen LogP contribution in [0.2, 0.25) is 0 Å². The summed E-state index contributed by atoms with van der Waals surface area (Å²) in [5.74, 6) is 0. The molecule has 0 bridgehead atoms. The standard InChI is InChI=1S/C15H21NO3S/c1-11-7-9-13(10-8-11)20(17,18)16-15-12(2)5-4-6-14(15)19-3/h7-10,14,16H,4-6H2,1-3H3. The summed E-state index contributed by atoms with van der Waals surface area (Å²) >= 11 is 0. The third-order valence-electron chi connectivity index (χ3n) is 3.66. The van der Waals surface area contributed by atoms with E-state index in [1.165, 1.54) is 0 Å². The summed E-state index contributed by atoms with van der Waals surface area (Å²) < 4.78 is 32.9. The highest BCUT2D eigenvalue weighted by Crippen LogP contribution is 2.26. The highest BCUT2D eigenvalue weighted by molar-refractivity contribution is 7.89. The van der Waals surface area contributed by atoms with E-state index in [4.69, 9.17) is 4.74 Å². The molecule has 0 aliphatic heterocycles. The Bertz CT molecular complexity index is 603. The van der Waals surface area contributed by atoms with Crippen molar-refractivity contribution in [2.45, 2.75) is 44.1 Å². The molecule has 1 atom stereocenters.